The van der Waals surface area contributed by atoms with Gasteiger partial charge in [-0.1, -0.05) is 36.4 Å². The van der Waals surface area contributed by atoms with Crippen LogP contribution in [-0.2, 0) is 5.41 Å². The molecule has 0 bridgehead atoms. The minimum atomic E-state index is -0.675. The molecule has 1 saturated carbocycles. The second-order valence-electron chi connectivity index (χ2n) is 9.70. The van der Waals surface area contributed by atoms with E-state index in [9.17, 15) is 19.5 Å². The lowest BCUT2D eigenvalue weighted by atomic mass is 9.80. The Balaban J connectivity index is 1.31. The molecular formula is C27H25FN2O3. The lowest BCUT2D eigenvalue weighted by Gasteiger charge is -2.25. The summed E-state index contributed by atoms with van der Waals surface area (Å²) in [4.78, 5) is 14.6. The van der Waals surface area contributed by atoms with Crippen LogP contribution < -0.4 is 4.73 Å². The van der Waals surface area contributed by atoms with Gasteiger partial charge in [-0.2, -0.15) is 4.73 Å². The van der Waals surface area contributed by atoms with Crippen molar-refractivity contribution >= 4 is 5.91 Å². The maximum absolute atomic E-state index is 13.3. The van der Waals surface area contributed by atoms with E-state index in [0.717, 1.165) is 35.4 Å². The van der Waals surface area contributed by atoms with E-state index < -0.39 is 17.8 Å². The highest BCUT2D eigenvalue weighted by Crippen LogP contribution is 2.52. The van der Waals surface area contributed by atoms with E-state index in [1.165, 1.54) is 30.0 Å². The van der Waals surface area contributed by atoms with Crippen molar-refractivity contribution in [1.29, 1.82) is 0 Å². The summed E-state index contributed by atoms with van der Waals surface area (Å²) in [6, 6.07) is 17.2. The molecule has 2 atom stereocenters. The minimum Gasteiger partial charge on any atom is -0.618 e. The Labute approximate surface area is 191 Å². The van der Waals surface area contributed by atoms with Crippen molar-refractivity contribution in [3.63, 3.8) is 0 Å². The number of pyridine rings is 1. The number of fused-ring (bicyclic) bond motifs is 2. The zero-order valence-corrected chi connectivity index (χ0v) is 18.2. The molecule has 2 heterocycles. The number of likely N-dealkylation sites (tertiary alicyclic amines) is 1. The van der Waals surface area contributed by atoms with E-state index >= 15 is 0 Å². The Bertz CT molecular complexity index is 1270. The summed E-state index contributed by atoms with van der Waals surface area (Å²) in [6.07, 6.45) is 3.93. The monoisotopic (exact) mass is 444 g/mol. The van der Waals surface area contributed by atoms with Crippen molar-refractivity contribution in [1.82, 2.24) is 4.90 Å². The standard InChI is InChI=1S/C27H25FN2O3/c28-19-8-10-24(30(33)15-19)26(32)29-12-11-27(16-29)14-25(31)22-13-18(7-9-23(22)27)21-4-2-1-3-20(21)17-5-6-17/h1-4,7-10,13,15,17,25,31H,5-6,11-12,14,16H2. The molecule has 2 fully saturated rings. The molecule has 3 aromatic rings. The highest BCUT2D eigenvalue weighted by atomic mass is 19.1. The van der Waals surface area contributed by atoms with Crippen LogP contribution in [0.2, 0.25) is 0 Å². The SMILES string of the molecule is O=C(c1ccc(F)c[n+]1[O-])N1CCC2(CC(O)c3cc(-c4ccccc4C4CC4)ccc32)C1. The summed E-state index contributed by atoms with van der Waals surface area (Å²) in [5, 5.41) is 23.0. The van der Waals surface area contributed by atoms with E-state index in [1.54, 1.807) is 4.90 Å². The largest absolute Gasteiger partial charge is 0.618 e. The molecular weight excluding hydrogens is 419 g/mol. The number of carbonyl (C=O) groups excluding carboxylic acids is 1. The molecule has 1 spiro atoms. The number of amides is 1. The van der Waals surface area contributed by atoms with Gasteiger partial charge in [-0.3, -0.25) is 4.79 Å². The van der Waals surface area contributed by atoms with Crippen LogP contribution in [0.3, 0.4) is 0 Å². The van der Waals surface area contributed by atoms with Crippen molar-refractivity contribution in [2.45, 2.75) is 43.1 Å². The molecule has 5 nitrogen and oxygen atoms in total. The van der Waals surface area contributed by atoms with Gasteiger partial charge in [0.2, 0.25) is 6.20 Å². The summed E-state index contributed by atoms with van der Waals surface area (Å²) in [5.74, 6) is -0.443. The fourth-order valence-corrected chi connectivity index (χ4v) is 5.81. The van der Waals surface area contributed by atoms with Crippen LogP contribution >= 0.6 is 0 Å². The number of aliphatic hydroxyl groups is 1. The number of hydrogen-bond donors (Lipinski definition) is 1. The van der Waals surface area contributed by atoms with Crippen LogP contribution in [0.25, 0.3) is 11.1 Å². The number of rotatable bonds is 3. The Morgan fingerprint density at radius 2 is 1.94 bits per heavy atom. The third-order valence-electron chi connectivity index (χ3n) is 7.59. The second-order valence-corrected chi connectivity index (χ2v) is 9.70. The first-order chi connectivity index (χ1) is 15.9. The summed E-state index contributed by atoms with van der Waals surface area (Å²) < 4.78 is 13.6. The average molecular weight is 445 g/mol. The van der Waals surface area contributed by atoms with Gasteiger partial charge in [-0.15, -0.1) is 0 Å². The Morgan fingerprint density at radius 3 is 2.73 bits per heavy atom. The molecule has 3 aliphatic rings. The molecule has 1 N–H and O–H groups in total. The van der Waals surface area contributed by atoms with E-state index in [-0.39, 0.29) is 11.1 Å². The molecule has 6 heteroatoms. The third kappa shape index (κ3) is 3.32. The van der Waals surface area contributed by atoms with Crippen molar-refractivity contribution in [3.8, 4) is 11.1 Å². The maximum Gasteiger partial charge on any atom is 0.320 e. The highest BCUT2D eigenvalue weighted by molar-refractivity contribution is 5.91. The van der Waals surface area contributed by atoms with Gasteiger partial charge < -0.3 is 15.2 Å². The van der Waals surface area contributed by atoms with Crippen molar-refractivity contribution < 1.29 is 19.0 Å². The minimum absolute atomic E-state index is 0.0840. The van der Waals surface area contributed by atoms with E-state index in [4.69, 9.17) is 0 Å². The van der Waals surface area contributed by atoms with Crippen LogP contribution in [-0.4, -0.2) is 29.0 Å². The smallest absolute Gasteiger partial charge is 0.320 e. The number of carbonyl (C=O) groups is 1. The zero-order chi connectivity index (χ0) is 22.7. The Kier molecular flexibility index (Phi) is 4.56. The van der Waals surface area contributed by atoms with Crippen LogP contribution in [0.1, 0.15) is 64.9 Å². The van der Waals surface area contributed by atoms with Gasteiger partial charge in [0, 0.05) is 24.6 Å². The number of halogens is 1. The van der Waals surface area contributed by atoms with E-state index in [1.807, 2.05) is 0 Å². The van der Waals surface area contributed by atoms with Crippen molar-refractivity contribution in [2.75, 3.05) is 13.1 Å². The third-order valence-corrected chi connectivity index (χ3v) is 7.59. The van der Waals surface area contributed by atoms with Gasteiger partial charge in [0.25, 0.3) is 5.69 Å². The number of nitrogens with zero attached hydrogens (tertiary/aromatic N) is 2. The Morgan fingerprint density at radius 1 is 1.12 bits per heavy atom. The molecule has 1 aliphatic heterocycles. The first-order valence-corrected chi connectivity index (χ1v) is 11.5. The summed E-state index contributed by atoms with van der Waals surface area (Å²) in [7, 11) is 0. The first-order valence-electron chi connectivity index (χ1n) is 11.5. The number of aromatic nitrogens is 1. The fraction of sp³-hybridized carbons (Fsp3) is 0.333. The van der Waals surface area contributed by atoms with Crippen LogP contribution in [0, 0.1) is 11.0 Å². The molecule has 2 aliphatic carbocycles. The molecule has 2 aromatic carbocycles. The molecule has 1 aromatic heterocycles. The predicted molar refractivity (Wildman–Crippen MR) is 121 cm³/mol. The second kappa shape index (κ2) is 7.39. The Hall–Kier alpha value is -3.25. The average Bonchev–Trinajstić information content (AvgIpc) is 3.52. The van der Waals surface area contributed by atoms with Gasteiger partial charge >= 0.3 is 5.91 Å². The quantitative estimate of drug-likeness (QED) is 0.486. The number of aliphatic hydroxyl groups excluding tert-OH is 1. The fourth-order valence-electron chi connectivity index (χ4n) is 5.81. The van der Waals surface area contributed by atoms with Gasteiger partial charge in [-0.05, 0) is 71.6 Å². The summed E-state index contributed by atoms with van der Waals surface area (Å²) >= 11 is 0. The van der Waals surface area contributed by atoms with Crippen LogP contribution in [0.5, 0.6) is 0 Å². The molecule has 168 valence electrons. The lowest BCUT2D eigenvalue weighted by Crippen LogP contribution is -2.42. The van der Waals surface area contributed by atoms with Gasteiger partial charge in [0.05, 0.1) is 6.10 Å². The van der Waals surface area contributed by atoms with Crippen LogP contribution in [0.15, 0.2) is 60.8 Å². The van der Waals surface area contributed by atoms with E-state index in [2.05, 4.69) is 42.5 Å². The molecule has 6 rings (SSSR count). The van der Waals surface area contributed by atoms with E-state index in [0.29, 0.717) is 30.2 Å². The summed E-state index contributed by atoms with van der Waals surface area (Å²) in [6.45, 7) is 0.930. The van der Waals surface area contributed by atoms with Gasteiger partial charge in [0.1, 0.15) is 0 Å². The molecule has 1 saturated heterocycles. The highest BCUT2D eigenvalue weighted by Gasteiger charge is 2.49. The molecule has 0 radical (unpaired) electrons. The van der Waals surface area contributed by atoms with Crippen molar-refractivity contribution in [2.24, 2.45) is 0 Å². The molecule has 2 unspecified atom stereocenters. The normalized spacial score (nSPS) is 23.8. The lowest BCUT2D eigenvalue weighted by molar-refractivity contribution is -0.609. The molecule has 1 amide bonds. The molecule has 33 heavy (non-hydrogen) atoms. The maximum atomic E-state index is 13.3. The van der Waals surface area contributed by atoms with Gasteiger partial charge in [-0.25, -0.2) is 4.39 Å². The number of benzene rings is 2. The van der Waals surface area contributed by atoms with Crippen LogP contribution in [0.4, 0.5) is 4.39 Å². The number of hydrogen-bond acceptors (Lipinski definition) is 3. The summed E-state index contributed by atoms with van der Waals surface area (Å²) in [5.41, 5.74) is 5.35. The first kappa shape index (κ1) is 20.4. The van der Waals surface area contributed by atoms with Crippen molar-refractivity contribution in [3.05, 3.63) is 94.2 Å². The zero-order valence-electron chi connectivity index (χ0n) is 18.2. The topological polar surface area (TPSA) is 67.5 Å². The van der Waals surface area contributed by atoms with Gasteiger partial charge in [0.15, 0.2) is 5.82 Å². The predicted octanol–water partition coefficient (Wildman–Crippen LogP) is 4.22.